The predicted octanol–water partition coefficient (Wildman–Crippen LogP) is 1.11. The first kappa shape index (κ1) is 20.0. The van der Waals surface area contributed by atoms with Crippen molar-refractivity contribution in [1.29, 1.82) is 0 Å². The van der Waals surface area contributed by atoms with Gasteiger partial charge in [0.15, 0.2) is 6.10 Å². The average Bonchev–Trinajstić information content (AvgIpc) is 2.61. The number of carbonyl (C=O) groups is 4. The molecule has 0 saturated carbocycles. The summed E-state index contributed by atoms with van der Waals surface area (Å²) >= 11 is 0. The fourth-order valence-corrected chi connectivity index (χ4v) is 1.70. The molecule has 0 fully saturated rings. The first-order valence-electron chi connectivity index (χ1n) is 7.23. The summed E-state index contributed by atoms with van der Waals surface area (Å²) < 4.78 is 18.7. The zero-order valence-corrected chi connectivity index (χ0v) is 13.8. The molecule has 0 aliphatic heterocycles. The summed E-state index contributed by atoms with van der Waals surface area (Å²) in [6.07, 6.45) is 0.386. The van der Waals surface area contributed by atoms with Crippen molar-refractivity contribution in [2.45, 2.75) is 12.5 Å². The number of rotatable bonds is 8. The second-order valence-corrected chi connectivity index (χ2v) is 4.59. The zero-order valence-electron chi connectivity index (χ0n) is 13.8. The maximum atomic E-state index is 12.0. The van der Waals surface area contributed by atoms with E-state index in [1.54, 1.807) is 30.3 Å². The monoisotopic (exact) mass is 350 g/mol. The van der Waals surface area contributed by atoms with E-state index in [9.17, 15) is 19.2 Å². The molecule has 1 rings (SSSR count). The smallest absolute Gasteiger partial charge is 0.347 e. The molecule has 0 radical (unpaired) electrons. The van der Waals surface area contributed by atoms with Crippen LogP contribution in [0.3, 0.4) is 0 Å². The van der Waals surface area contributed by atoms with E-state index < -0.39 is 30.0 Å². The lowest BCUT2D eigenvalue weighted by atomic mass is 10.1. The van der Waals surface area contributed by atoms with E-state index in [1.807, 2.05) is 0 Å². The van der Waals surface area contributed by atoms with E-state index in [0.29, 0.717) is 5.56 Å². The summed E-state index contributed by atoms with van der Waals surface area (Å²) in [4.78, 5) is 45.6. The maximum absolute atomic E-state index is 12.0. The number of ether oxygens (including phenoxy) is 4. The topological polar surface area (TPSA) is 105 Å². The van der Waals surface area contributed by atoms with Crippen molar-refractivity contribution in [1.82, 2.24) is 0 Å². The van der Waals surface area contributed by atoms with Crippen molar-refractivity contribution in [3.8, 4) is 0 Å². The molecular formula is C17H18O8. The zero-order chi connectivity index (χ0) is 18.7. The van der Waals surface area contributed by atoms with Gasteiger partial charge < -0.3 is 18.9 Å². The van der Waals surface area contributed by atoms with Gasteiger partial charge in [0, 0.05) is 19.3 Å². The Hall–Kier alpha value is -3.00. The van der Waals surface area contributed by atoms with E-state index in [1.165, 1.54) is 7.11 Å². The summed E-state index contributed by atoms with van der Waals surface area (Å²) in [7, 11) is 2.48. The van der Waals surface area contributed by atoms with Crippen LogP contribution in [0.4, 0.5) is 0 Å². The van der Waals surface area contributed by atoms with Crippen LogP contribution >= 0.6 is 0 Å². The lowest BCUT2D eigenvalue weighted by Crippen LogP contribution is -2.22. The van der Waals surface area contributed by atoms with Crippen molar-refractivity contribution in [3.63, 3.8) is 0 Å². The van der Waals surface area contributed by atoms with Gasteiger partial charge in [-0.15, -0.1) is 0 Å². The third-order valence-electron chi connectivity index (χ3n) is 2.87. The Labute approximate surface area is 144 Å². The molecule has 8 nitrogen and oxygen atoms in total. The van der Waals surface area contributed by atoms with Gasteiger partial charge in [0.05, 0.1) is 13.5 Å². The van der Waals surface area contributed by atoms with Gasteiger partial charge in [-0.25, -0.2) is 14.4 Å². The van der Waals surface area contributed by atoms with Crippen LogP contribution in [0.1, 0.15) is 18.1 Å². The van der Waals surface area contributed by atoms with E-state index in [2.05, 4.69) is 14.2 Å². The summed E-state index contributed by atoms with van der Waals surface area (Å²) in [5, 5.41) is 0. The minimum absolute atomic E-state index is 0.306. The Morgan fingerprint density at radius 3 is 2.24 bits per heavy atom. The molecule has 0 aromatic heterocycles. The molecule has 0 spiro atoms. The van der Waals surface area contributed by atoms with E-state index in [4.69, 9.17) is 4.74 Å². The molecule has 0 aliphatic rings. The van der Waals surface area contributed by atoms with Gasteiger partial charge in [0.1, 0.15) is 6.61 Å². The molecule has 0 bridgehead atoms. The van der Waals surface area contributed by atoms with Crippen molar-refractivity contribution in [2.24, 2.45) is 0 Å². The largest absolute Gasteiger partial charge is 0.466 e. The van der Waals surface area contributed by atoms with Gasteiger partial charge >= 0.3 is 23.9 Å². The van der Waals surface area contributed by atoms with Crippen LogP contribution < -0.4 is 0 Å². The van der Waals surface area contributed by atoms with Gasteiger partial charge in [-0.05, 0) is 5.56 Å². The van der Waals surface area contributed by atoms with Crippen molar-refractivity contribution < 1.29 is 38.1 Å². The highest BCUT2D eigenvalue weighted by Crippen LogP contribution is 2.18. The number of methoxy groups -OCH3 is 2. The number of hydrogen-bond donors (Lipinski definition) is 0. The molecule has 0 heterocycles. The van der Waals surface area contributed by atoms with Crippen molar-refractivity contribution in [2.75, 3.05) is 20.8 Å². The molecule has 0 saturated heterocycles. The molecule has 1 atom stereocenters. The van der Waals surface area contributed by atoms with Gasteiger partial charge in [0.2, 0.25) is 0 Å². The second kappa shape index (κ2) is 10.7. The van der Waals surface area contributed by atoms with E-state index in [-0.39, 0.29) is 13.0 Å². The molecule has 25 heavy (non-hydrogen) atoms. The molecule has 0 N–H and O–H groups in total. The Kier molecular flexibility index (Phi) is 8.59. The number of hydrogen-bond acceptors (Lipinski definition) is 8. The third kappa shape index (κ3) is 7.40. The fourth-order valence-electron chi connectivity index (χ4n) is 1.70. The van der Waals surface area contributed by atoms with Gasteiger partial charge in [0.25, 0.3) is 0 Å². The first-order valence-corrected chi connectivity index (χ1v) is 7.23. The average molecular weight is 350 g/mol. The van der Waals surface area contributed by atoms with Crippen LogP contribution in [0.2, 0.25) is 0 Å². The standard InChI is InChI=1S/C17H18O8/c1-22-13(18)8-9-14(19)24-11-10-15(20)25-17(21)16(23-2)12-6-4-3-5-7-12/h3-9,16H,10-11H2,1-2H3. The van der Waals surface area contributed by atoms with Gasteiger partial charge in [-0.3, -0.25) is 4.79 Å². The van der Waals surface area contributed by atoms with E-state index >= 15 is 0 Å². The van der Waals surface area contributed by atoms with Crippen LogP contribution in [0.15, 0.2) is 42.5 Å². The normalized spacial score (nSPS) is 11.6. The highest BCUT2D eigenvalue weighted by molar-refractivity contribution is 5.92. The Balaban J connectivity index is 2.41. The molecule has 1 aromatic rings. The molecular weight excluding hydrogens is 332 g/mol. The van der Waals surface area contributed by atoms with Crippen molar-refractivity contribution >= 4 is 23.9 Å². The summed E-state index contributed by atoms with van der Waals surface area (Å²) in [6.45, 7) is -0.306. The van der Waals surface area contributed by atoms with Crippen LogP contribution in [-0.4, -0.2) is 44.7 Å². The highest BCUT2D eigenvalue weighted by atomic mass is 16.6. The molecule has 134 valence electrons. The Morgan fingerprint density at radius 2 is 1.64 bits per heavy atom. The van der Waals surface area contributed by atoms with E-state index in [0.717, 1.165) is 19.3 Å². The minimum atomic E-state index is -1.03. The fraction of sp³-hybridized carbons (Fsp3) is 0.294. The quantitative estimate of drug-likeness (QED) is 0.297. The van der Waals surface area contributed by atoms with Crippen molar-refractivity contribution in [3.05, 3.63) is 48.0 Å². The molecule has 1 unspecified atom stereocenters. The second-order valence-electron chi connectivity index (χ2n) is 4.59. The number of benzene rings is 1. The van der Waals surface area contributed by atoms with Crippen LogP contribution in [-0.2, 0) is 38.1 Å². The molecule has 1 aromatic carbocycles. The first-order chi connectivity index (χ1) is 12.0. The summed E-state index contributed by atoms with van der Waals surface area (Å²) in [5.74, 6) is -3.28. The lowest BCUT2D eigenvalue weighted by molar-refractivity contribution is -0.168. The summed E-state index contributed by atoms with van der Waals surface area (Å²) in [5.41, 5.74) is 0.544. The number of esters is 4. The van der Waals surface area contributed by atoms with Gasteiger partial charge in [-0.2, -0.15) is 0 Å². The Morgan fingerprint density at radius 1 is 1.00 bits per heavy atom. The number of carbonyl (C=O) groups excluding carboxylic acids is 4. The van der Waals surface area contributed by atoms with Crippen LogP contribution in [0.5, 0.6) is 0 Å². The molecule has 0 amide bonds. The highest BCUT2D eigenvalue weighted by Gasteiger charge is 2.24. The molecule has 8 heteroatoms. The SMILES string of the molecule is COC(=O)C=CC(=O)OCCC(=O)OC(=O)C(OC)c1ccccc1. The predicted molar refractivity (Wildman–Crippen MR) is 84.0 cm³/mol. The van der Waals surface area contributed by atoms with Crippen LogP contribution in [0, 0.1) is 0 Å². The minimum Gasteiger partial charge on any atom is -0.466 e. The molecule has 0 aliphatic carbocycles. The lowest BCUT2D eigenvalue weighted by Gasteiger charge is -2.13. The third-order valence-corrected chi connectivity index (χ3v) is 2.87. The Bertz CT molecular complexity index is 635. The van der Waals surface area contributed by atoms with Crippen LogP contribution in [0.25, 0.3) is 0 Å². The maximum Gasteiger partial charge on any atom is 0.347 e. The van der Waals surface area contributed by atoms with Gasteiger partial charge in [-0.1, -0.05) is 30.3 Å². The summed E-state index contributed by atoms with van der Waals surface area (Å²) in [6, 6.07) is 8.54.